The van der Waals surface area contributed by atoms with Crippen LogP contribution >= 0.6 is 0 Å². The lowest BCUT2D eigenvalue weighted by Crippen LogP contribution is -2.38. The largest absolute Gasteiger partial charge is 0.444 e. The molecule has 0 radical (unpaired) electrons. The number of nitrogens with zero attached hydrogens (tertiary/aromatic N) is 2. The van der Waals surface area contributed by atoms with E-state index in [4.69, 9.17) is 4.74 Å². The standard InChI is InChI=1S/C12H18N2O4S/c1-11(2,3)18-10(15)14-4-9-5-19(16,17)8-12(9,6-13)7-14/h9H,4-5,7-8H2,1-3H3/t9-,12-/m0/s1. The quantitative estimate of drug-likeness (QED) is 0.657. The minimum Gasteiger partial charge on any atom is -0.444 e. The van der Waals surface area contributed by atoms with E-state index in [-0.39, 0.29) is 30.5 Å². The molecule has 2 saturated heterocycles. The highest BCUT2D eigenvalue weighted by Crippen LogP contribution is 2.43. The predicted octanol–water partition coefficient (Wildman–Crippen LogP) is 0.792. The Bertz CT molecular complexity index is 543. The van der Waals surface area contributed by atoms with Crippen molar-refractivity contribution in [3.63, 3.8) is 0 Å². The minimum absolute atomic E-state index is 0.0140. The number of fused-ring (bicyclic) bond motifs is 1. The summed E-state index contributed by atoms with van der Waals surface area (Å²) in [6.45, 7) is 5.73. The first-order chi connectivity index (χ1) is 8.57. The van der Waals surface area contributed by atoms with Gasteiger partial charge >= 0.3 is 6.09 Å². The number of sulfone groups is 1. The van der Waals surface area contributed by atoms with E-state index in [0.29, 0.717) is 0 Å². The van der Waals surface area contributed by atoms with Gasteiger partial charge in [0.25, 0.3) is 0 Å². The van der Waals surface area contributed by atoms with Crippen molar-refractivity contribution in [1.29, 1.82) is 5.26 Å². The molecule has 1 amide bonds. The first-order valence-corrected chi connectivity index (χ1v) is 7.99. The molecule has 0 aromatic carbocycles. The van der Waals surface area contributed by atoms with Crippen LogP contribution < -0.4 is 0 Å². The third-order valence-electron chi connectivity index (χ3n) is 3.50. The third-order valence-corrected chi connectivity index (χ3v) is 5.37. The molecule has 0 aromatic rings. The molecule has 0 bridgehead atoms. The van der Waals surface area contributed by atoms with Crippen molar-refractivity contribution in [3.8, 4) is 6.07 Å². The Morgan fingerprint density at radius 1 is 1.47 bits per heavy atom. The zero-order chi connectivity index (χ0) is 14.5. The van der Waals surface area contributed by atoms with Crippen molar-refractivity contribution >= 4 is 15.9 Å². The molecule has 2 rings (SSSR count). The normalized spacial score (nSPS) is 32.7. The van der Waals surface area contributed by atoms with E-state index >= 15 is 0 Å². The Morgan fingerprint density at radius 3 is 2.58 bits per heavy atom. The molecule has 2 fully saturated rings. The SMILES string of the molecule is CC(C)(C)OC(=O)N1C[C@H]2CS(=O)(=O)C[C@]2(C#N)C1. The smallest absolute Gasteiger partial charge is 0.410 e. The van der Waals surface area contributed by atoms with Crippen LogP contribution in [0.15, 0.2) is 0 Å². The van der Waals surface area contributed by atoms with E-state index in [1.165, 1.54) is 4.90 Å². The fourth-order valence-corrected chi connectivity index (χ4v) is 5.06. The zero-order valence-corrected chi connectivity index (χ0v) is 12.2. The fourth-order valence-electron chi connectivity index (χ4n) is 2.73. The van der Waals surface area contributed by atoms with Gasteiger partial charge in [0, 0.05) is 19.0 Å². The number of amides is 1. The van der Waals surface area contributed by atoms with Crippen molar-refractivity contribution in [2.45, 2.75) is 26.4 Å². The summed E-state index contributed by atoms with van der Waals surface area (Å²) >= 11 is 0. The van der Waals surface area contributed by atoms with E-state index in [0.717, 1.165) is 0 Å². The van der Waals surface area contributed by atoms with Gasteiger partial charge < -0.3 is 9.64 Å². The average Bonchev–Trinajstić information content (AvgIpc) is 2.64. The summed E-state index contributed by atoms with van der Waals surface area (Å²) in [4.78, 5) is 13.4. The van der Waals surface area contributed by atoms with Crippen LogP contribution in [-0.2, 0) is 14.6 Å². The molecular formula is C12H18N2O4S. The van der Waals surface area contributed by atoms with Gasteiger partial charge in [0.2, 0.25) is 0 Å². The Hall–Kier alpha value is -1.29. The second-order valence-electron chi connectivity index (χ2n) is 6.38. The number of carbonyl (C=O) groups is 1. The molecule has 6 nitrogen and oxygen atoms in total. The first-order valence-electron chi connectivity index (χ1n) is 6.17. The molecule has 0 saturated carbocycles. The molecule has 0 N–H and O–H groups in total. The lowest BCUT2D eigenvalue weighted by atomic mass is 9.83. The molecule has 0 unspecified atom stereocenters. The van der Waals surface area contributed by atoms with Gasteiger partial charge in [0.1, 0.15) is 5.60 Å². The number of likely N-dealkylation sites (tertiary alicyclic amines) is 1. The second kappa shape index (κ2) is 4.10. The molecule has 2 aliphatic rings. The lowest BCUT2D eigenvalue weighted by molar-refractivity contribution is 0.0280. The van der Waals surface area contributed by atoms with E-state index in [1.807, 2.05) is 0 Å². The molecule has 7 heteroatoms. The molecule has 2 aliphatic heterocycles. The van der Waals surface area contributed by atoms with Gasteiger partial charge in [0.05, 0.1) is 23.0 Å². The van der Waals surface area contributed by atoms with E-state index in [1.54, 1.807) is 20.8 Å². The van der Waals surface area contributed by atoms with E-state index in [9.17, 15) is 18.5 Å². The molecule has 0 aromatic heterocycles. The third kappa shape index (κ3) is 2.68. The molecule has 0 spiro atoms. The van der Waals surface area contributed by atoms with Gasteiger partial charge in [-0.05, 0) is 20.8 Å². The maximum Gasteiger partial charge on any atom is 0.410 e. The van der Waals surface area contributed by atoms with Crippen LogP contribution in [0, 0.1) is 22.7 Å². The topological polar surface area (TPSA) is 87.5 Å². The summed E-state index contributed by atoms with van der Waals surface area (Å²) in [5, 5.41) is 9.30. The van der Waals surface area contributed by atoms with E-state index in [2.05, 4.69) is 6.07 Å². The molecule has 2 atom stereocenters. The summed E-state index contributed by atoms with van der Waals surface area (Å²) in [5.74, 6) is -0.463. The summed E-state index contributed by atoms with van der Waals surface area (Å²) in [6.07, 6.45) is -0.478. The fraction of sp³-hybridized carbons (Fsp3) is 0.833. The Labute approximate surface area is 113 Å². The Kier molecular flexibility index (Phi) is 3.05. The van der Waals surface area contributed by atoms with Crippen LogP contribution in [0.5, 0.6) is 0 Å². The second-order valence-corrected chi connectivity index (χ2v) is 8.49. The molecule has 106 valence electrons. The van der Waals surface area contributed by atoms with Gasteiger partial charge in [-0.3, -0.25) is 0 Å². The lowest BCUT2D eigenvalue weighted by Gasteiger charge is -2.25. The van der Waals surface area contributed by atoms with Gasteiger partial charge in [-0.2, -0.15) is 5.26 Å². The monoisotopic (exact) mass is 286 g/mol. The number of hydrogen-bond donors (Lipinski definition) is 0. The number of nitriles is 1. The molecule has 0 aliphatic carbocycles. The van der Waals surface area contributed by atoms with Crippen LogP contribution in [0.2, 0.25) is 0 Å². The van der Waals surface area contributed by atoms with Crippen molar-refractivity contribution in [1.82, 2.24) is 4.90 Å². The highest BCUT2D eigenvalue weighted by atomic mass is 32.2. The maximum atomic E-state index is 12.0. The maximum absolute atomic E-state index is 12.0. The van der Waals surface area contributed by atoms with Crippen LogP contribution in [0.3, 0.4) is 0 Å². The van der Waals surface area contributed by atoms with Crippen molar-refractivity contribution in [2.75, 3.05) is 24.6 Å². The van der Waals surface area contributed by atoms with Gasteiger partial charge in [0.15, 0.2) is 9.84 Å². The average molecular weight is 286 g/mol. The minimum atomic E-state index is -3.16. The highest BCUT2D eigenvalue weighted by Gasteiger charge is 2.57. The van der Waals surface area contributed by atoms with Crippen LogP contribution in [0.25, 0.3) is 0 Å². The first kappa shape index (κ1) is 14.1. The summed E-state index contributed by atoms with van der Waals surface area (Å²) in [7, 11) is -3.16. The van der Waals surface area contributed by atoms with Crippen LogP contribution in [0.4, 0.5) is 4.79 Å². The Balaban J connectivity index is 2.13. The Morgan fingerprint density at radius 2 is 2.11 bits per heavy atom. The number of ether oxygens (including phenoxy) is 1. The summed E-state index contributed by atoms with van der Waals surface area (Å²) < 4.78 is 28.5. The van der Waals surface area contributed by atoms with Gasteiger partial charge in [-0.1, -0.05) is 0 Å². The molecule has 19 heavy (non-hydrogen) atoms. The van der Waals surface area contributed by atoms with Crippen LogP contribution in [-0.4, -0.2) is 49.6 Å². The predicted molar refractivity (Wildman–Crippen MR) is 68.0 cm³/mol. The summed E-state index contributed by atoms with van der Waals surface area (Å²) in [5.41, 5.74) is -1.55. The number of hydrogen-bond acceptors (Lipinski definition) is 5. The number of carbonyl (C=O) groups excluding carboxylic acids is 1. The molecular weight excluding hydrogens is 268 g/mol. The van der Waals surface area contributed by atoms with Crippen molar-refractivity contribution < 1.29 is 17.9 Å². The van der Waals surface area contributed by atoms with Crippen molar-refractivity contribution in [2.24, 2.45) is 11.3 Å². The highest BCUT2D eigenvalue weighted by molar-refractivity contribution is 7.91. The number of rotatable bonds is 0. The molecule has 2 heterocycles. The van der Waals surface area contributed by atoms with Gasteiger partial charge in [-0.15, -0.1) is 0 Å². The van der Waals surface area contributed by atoms with E-state index < -0.39 is 26.9 Å². The van der Waals surface area contributed by atoms with Crippen molar-refractivity contribution in [3.05, 3.63) is 0 Å². The van der Waals surface area contributed by atoms with Crippen LogP contribution in [0.1, 0.15) is 20.8 Å². The zero-order valence-electron chi connectivity index (χ0n) is 11.3. The summed E-state index contributed by atoms with van der Waals surface area (Å²) in [6, 6.07) is 2.11. The van der Waals surface area contributed by atoms with Gasteiger partial charge in [-0.25, -0.2) is 13.2 Å².